The van der Waals surface area contributed by atoms with Gasteiger partial charge in [0.1, 0.15) is 12.2 Å². The van der Waals surface area contributed by atoms with Crippen molar-refractivity contribution in [2.24, 2.45) is 0 Å². The van der Waals surface area contributed by atoms with Crippen LogP contribution in [0.15, 0.2) is 48.5 Å². The monoisotopic (exact) mass is 337 g/mol. The highest BCUT2D eigenvalue weighted by molar-refractivity contribution is 5.94. The lowest BCUT2D eigenvalue weighted by atomic mass is 10.1. The molecule has 0 aliphatic rings. The number of methoxy groups -OCH3 is 1. The van der Waals surface area contributed by atoms with Crippen LogP contribution in [-0.2, 0) is 16.0 Å². The standard InChI is InChI=1S/C19H19N3O3/c1-25-17-7-2-4-14(12-17)8-9-18(23)21-15-5-3-6-16(13-15)22-19(24)10-11-20/h2-7,12-13H,8-10H2,1H3,(H,21,23)(H,22,24). The van der Waals surface area contributed by atoms with Gasteiger partial charge in [-0.25, -0.2) is 0 Å². The molecule has 0 fully saturated rings. The second-order valence-electron chi connectivity index (χ2n) is 5.36. The van der Waals surface area contributed by atoms with Crippen LogP contribution in [0.5, 0.6) is 5.75 Å². The van der Waals surface area contributed by atoms with Gasteiger partial charge in [0.2, 0.25) is 11.8 Å². The number of aryl methyl sites for hydroxylation is 1. The molecular formula is C19H19N3O3. The number of carbonyl (C=O) groups excluding carboxylic acids is 2. The molecule has 0 unspecified atom stereocenters. The Morgan fingerprint density at radius 1 is 1.04 bits per heavy atom. The van der Waals surface area contributed by atoms with Crippen molar-refractivity contribution in [2.75, 3.05) is 17.7 Å². The molecule has 2 amide bonds. The lowest BCUT2D eigenvalue weighted by Gasteiger charge is -2.08. The van der Waals surface area contributed by atoms with E-state index in [0.29, 0.717) is 24.2 Å². The largest absolute Gasteiger partial charge is 0.497 e. The van der Waals surface area contributed by atoms with Crippen LogP contribution in [0.4, 0.5) is 11.4 Å². The number of hydrogen-bond acceptors (Lipinski definition) is 4. The number of ether oxygens (including phenoxy) is 1. The van der Waals surface area contributed by atoms with E-state index in [0.717, 1.165) is 11.3 Å². The Hall–Kier alpha value is -3.33. The van der Waals surface area contributed by atoms with Gasteiger partial charge in [0.15, 0.2) is 0 Å². The molecule has 0 heterocycles. The molecule has 0 spiro atoms. The minimum Gasteiger partial charge on any atom is -0.497 e. The highest BCUT2D eigenvalue weighted by atomic mass is 16.5. The first-order valence-corrected chi connectivity index (χ1v) is 7.80. The summed E-state index contributed by atoms with van der Waals surface area (Å²) >= 11 is 0. The van der Waals surface area contributed by atoms with Gasteiger partial charge in [-0.1, -0.05) is 18.2 Å². The van der Waals surface area contributed by atoms with E-state index in [1.807, 2.05) is 24.3 Å². The van der Waals surface area contributed by atoms with E-state index in [4.69, 9.17) is 10.00 Å². The predicted molar refractivity (Wildman–Crippen MR) is 95.2 cm³/mol. The Morgan fingerprint density at radius 3 is 2.40 bits per heavy atom. The fourth-order valence-electron chi connectivity index (χ4n) is 2.26. The third-order valence-electron chi connectivity index (χ3n) is 3.44. The second-order valence-corrected chi connectivity index (χ2v) is 5.36. The molecule has 0 saturated heterocycles. The van der Waals surface area contributed by atoms with Gasteiger partial charge >= 0.3 is 0 Å². The summed E-state index contributed by atoms with van der Waals surface area (Å²) in [6.07, 6.45) is 0.719. The number of nitrogens with zero attached hydrogens (tertiary/aromatic N) is 1. The summed E-state index contributed by atoms with van der Waals surface area (Å²) in [4.78, 5) is 23.5. The van der Waals surface area contributed by atoms with Crippen molar-refractivity contribution in [1.82, 2.24) is 0 Å². The molecule has 6 heteroatoms. The van der Waals surface area contributed by atoms with Gasteiger partial charge < -0.3 is 15.4 Å². The number of hydrogen-bond donors (Lipinski definition) is 2. The topological polar surface area (TPSA) is 91.2 Å². The van der Waals surface area contributed by atoms with Crippen LogP contribution in [0.25, 0.3) is 0 Å². The lowest BCUT2D eigenvalue weighted by Crippen LogP contribution is -2.13. The van der Waals surface area contributed by atoms with Gasteiger partial charge in [-0.3, -0.25) is 9.59 Å². The van der Waals surface area contributed by atoms with Crippen molar-refractivity contribution in [2.45, 2.75) is 19.3 Å². The molecule has 2 aromatic rings. The maximum Gasteiger partial charge on any atom is 0.238 e. The molecule has 2 rings (SSSR count). The summed E-state index contributed by atoms with van der Waals surface area (Å²) in [5.74, 6) is 0.256. The first-order chi connectivity index (χ1) is 12.1. The zero-order chi connectivity index (χ0) is 18.1. The highest BCUT2D eigenvalue weighted by Gasteiger charge is 2.06. The van der Waals surface area contributed by atoms with Crippen LogP contribution < -0.4 is 15.4 Å². The number of benzene rings is 2. The van der Waals surface area contributed by atoms with Crippen LogP contribution in [0, 0.1) is 11.3 Å². The van der Waals surface area contributed by atoms with Crippen molar-refractivity contribution in [1.29, 1.82) is 5.26 Å². The number of rotatable bonds is 7. The molecule has 0 atom stereocenters. The van der Waals surface area contributed by atoms with E-state index < -0.39 is 0 Å². The van der Waals surface area contributed by atoms with Crippen molar-refractivity contribution in [3.8, 4) is 11.8 Å². The van der Waals surface area contributed by atoms with Gasteiger partial charge in [-0.15, -0.1) is 0 Å². The molecule has 25 heavy (non-hydrogen) atoms. The molecule has 0 aromatic heterocycles. The highest BCUT2D eigenvalue weighted by Crippen LogP contribution is 2.17. The van der Waals surface area contributed by atoms with E-state index >= 15 is 0 Å². The second kappa shape index (κ2) is 9.08. The molecule has 0 aliphatic heterocycles. The number of nitriles is 1. The maximum absolute atomic E-state index is 12.1. The van der Waals surface area contributed by atoms with Gasteiger partial charge in [-0.2, -0.15) is 5.26 Å². The molecular weight excluding hydrogens is 318 g/mol. The number of amides is 2. The summed E-state index contributed by atoms with van der Waals surface area (Å²) in [5.41, 5.74) is 2.14. The van der Waals surface area contributed by atoms with Crippen molar-refractivity contribution in [3.63, 3.8) is 0 Å². The van der Waals surface area contributed by atoms with Gasteiger partial charge in [0.25, 0.3) is 0 Å². The average molecular weight is 337 g/mol. The number of nitrogens with one attached hydrogen (secondary N) is 2. The Kier molecular flexibility index (Phi) is 6.55. The van der Waals surface area contributed by atoms with Crippen molar-refractivity contribution >= 4 is 23.2 Å². The van der Waals surface area contributed by atoms with Gasteiger partial charge in [0, 0.05) is 17.8 Å². The first-order valence-electron chi connectivity index (χ1n) is 7.80. The summed E-state index contributed by atoms with van der Waals surface area (Å²) in [7, 11) is 1.61. The smallest absolute Gasteiger partial charge is 0.238 e. The molecule has 0 aliphatic carbocycles. The minimum absolute atomic E-state index is 0.122. The lowest BCUT2D eigenvalue weighted by molar-refractivity contribution is -0.116. The van der Waals surface area contributed by atoms with E-state index in [9.17, 15) is 9.59 Å². The predicted octanol–water partition coefficient (Wildman–Crippen LogP) is 3.12. The third-order valence-corrected chi connectivity index (χ3v) is 3.44. The van der Waals surface area contributed by atoms with E-state index in [1.165, 1.54) is 0 Å². The van der Waals surface area contributed by atoms with Gasteiger partial charge in [-0.05, 0) is 42.3 Å². The molecule has 0 bridgehead atoms. The molecule has 2 aromatic carbocycles. The Balaban J connectivity index is 1.89. The fraction of sp³-hybridized carbons (Fsp3) is 0.211. The average Bonchev–Trinajstić information content (AvgIpc) is 2.60. The van der Waals surface area contributed by atoms with E-state index in [-0.39, 0.29) is 18.2 Å². The summed E-state index contributed by atoms with van der Waals surface area (Å²) in [6.45, 7) is 0. The van der Waals surface area contributed by atoms with Crippen LogP contribution >= 0.6 is 0 Å². The summed E-state index contributed by atoms with van der Waals surface area (Å²) in [5, 5.41) is 13.9. The van der Waals surface area contributed by atoms with E-state index in [2.05, 4.69) is 10.6 Å². The van der Waals surface area contributed by atoms with Crippen LogP contribution in [0.2, 0.25) is 0 Å². The zero-order valence-corrected chi connectivity index (χ0v) is 13.9. The van der Waals surface area contributed by atoms with E-state index in [1.54, 1.807) is 37.4 Å². The molecule has 128 valence electrons. The Morgan fingerprint density at radius 2 is 1.72 bits per heavy atom. The third kappa shape index (κ3) is 5.99. The van der Waals surface area contributed by atoms with Crippen molar-refractivity contribution in [3.05, 3.63) is 54.1 Å². The molecule has 6 nitrogen and oxygen atoms in total. The summed E-state index contributed by atoms with van der Waals surface area (Å²) in [6, 6.07) is 16.2. The SMILES string of the molecule is COc1cccc(CCC(=O)Nc2cccc(NC(=O)CC#N)c2)c1. The number of anilines is 2. The fourth-order valence-corrected chi connectivity index (χ4v) is 2.26. The zero-order valence-electron chi connectivity index (χ0n) is 13.9. The normalized spacial score (nSPS) is 9.76. The Bertz CT molecular complexity index is 796. The minimum atomic E-state index is -0.385. The first kappa shape index (κ1) is 18.0. The maximum atomic E-state index is 12.1. The van der Waals surface area contributed by atoms with Crippen LogP contribution in [-0.4, -0.2) is 18.9 Å². The molecule has 0 radical (unpaired) electrons. The molecule has 2 N–H and O–H groups in total. The quantitative estimate of drug-likeness (QED) is 0.812. The molecule has 0 saturated carbocycles. The Labute approximate surface area is 146 Å². The van der Waals surface area contributed by atoms with Crippen LogP contribution in [0.3, 0.4) is 0 Å². The number of carbonyl (C=O) groups is 2. The van der Waals surface area contributed by atoms with Gasteiger partial charge in [0.05, 0.1) is 13.2 Å². The van der Waals surface area contributed by atoms with Crippen LogP contribution in [0.1, 0.15) is 18.4 Å². The van der Waals surface area contributed by atoms with Crippen molar-refractivity contribution < 1.29 is 14.3 Å². The summed E-state index contributed by atoms with van der Waals surface area (Å²) < 4.78 is 5.16.